The van der Waals surface area contributed by atoms with E-state index < -0.39 is 10.0 Å². The second-order valence-electron chi connectivity index (χ2n) is 5.59. The highest BCUT2D eigenvalue weighted by Crippen LogP contribution is 2.24. The van der Waals surface area contributed by atoms with Gasteiger partial charge in [0, 0.05) is 18.1 Å². The molecule has 0 heterocycles. The summed E-state index contributed by atoms with van der Waals surface area (Å²) in [5, 5.41) is 0. The molecular formula is C13H21BrN2O2S. The zero-order valence-electron chi connectivity index (χ0n) is 11.8. The van der Waals surface area contributed by atoms with Crippen LogP contribution in [0.15, 0.2) is 27.6 Å². The lowest BCUT2D eigenvalue weighted by atomic mass is 9.94. The average Bonchev–Trinajstić information content (AvgIpc) is 2.27. The first-order valence-corrected chi connectivity index (χ1v) is 8.25. The van der Waals surface area contributed by atoms with Crippen molar-refractivity contribution >= 4 is 26.0 Å². The van der Waals surface area contributed by atoms with Crippen molar-refractivity contribution < 1.29 is 8.42 Å². The Morgan fingerprint density at radius 1 is 1.32 bits per heavy atom. The first-order chi connectivity index (χ1) is 8.58. The molecule has 0 atom stereocenters. The maximum absolute atomic E-state index is 12.5. The van der Waals surface area contributed by atoms with Gasteiger partial charge in [-0.2, -0.15) is 0 Å². The van der Waals surface area contributed by atoms with Crippen molar-refractivity contribution in [1.82, 2.24) is 4.31 Å². The third-order valence-corrected chi connectivity index (χ3v) is 5.17. The molecule has 0 bridgehead atoms. The number of hydrogen-bond donors (Lipinski definition) is 1. The van der Waals surface area contributed by atoms with E-state index >= 15 is 0 Å². The summed E-state index contributed by atoms with van der Waals surface area (Å²) in [5.41, 5.74) is 6.31. The van der Waals surface area contributed by atoms with E-state index in [0.29, 0.717) is 18.0 Å². The first kappa shape index (κ1) is 16.6. The van der Waals surface area contributed by atoms with Gasteiger partial charge in [0.05, 0.1) is 4.90 Å². The highest BCUT2D eigenvalue weighted by molar-refractivity contribution is 9.10. The number of sulfonamides is 1. The zero-order valence-corrected chi connectivity index (χ0v) is 14.2. The summed E-state index contributed by atoms with van der Waals surface area (Å²) in [7, 11) is -1.89. The highest BCUT2D eigenvalue weighted by Gasteiger charge is 2.27. The second kappa shape index (κ2) is 5.91. The number of benzene rings is 1. The van der Waals surface area contributed by atoms with Gasteiger partial charge < -0.3 is 5.73 Å². The van der Waals surface area contributed by atoms with Crippen LogP contribution in [0.5, 0.6) is 0 Å². The molecule has 0 spiro atoms. The number of halogens is 1. The van der Waals surface area contributed by atoms with E-state index in [1.807, 2.05) is 26.8 Å². The molecule has 108 valence electrons. The van der Waals surface area contributed by atoms with Crippen LogP contribution in [0, 0.1) is 12.3 Å². The third-order valence-electron chi connectivity index (χ3n) is 2.93. The Labute approximate surface area is 124 Å². The minimum atomic E-state index is -3.48. The Balaban J connectivity index is 3.10. The summed E-state index contributed by atoms with van der Waals surface area (Å²) < 4.78 is 27.1. The molecule has 0 unspecified atom stereocenters. The molecule has 0 radical (unpaired) electrons. The third kappa shape index (κ3) is 4.27. The standard InChI is InChI=1S/C13H21BrN2O2S/c1-10-5-11(14)7-12(6-10)19(17,18)16(4)9-13(2,3)8-15/h5-7H,8-9,15H2,1-4H3. The lowest BCUT2D eigenvalue weighted by Crippen LogP contribution is -2.39. The normalized spacial score (nSPS) is 13.0. The van der Waals surface area contributed by atoms with E-state index in [2.05, 4.69) is 15.9 Å². The summed E-state index contributed by atoms with van der Waals surface area (Å²) in [4.78, 5) is 0.301. The maximum atomic E-state index is 12.5. The van der Waals surface area contributed by atoms with Crippen LogP contribution in [0.3, 0.4) is 0 Å². The fourth-order valence-corrected chi connectivity index (χ4v) is 4.03. The van der Waals surface area contributed by atoms with Crippen LogP contribution in [0.25, 0.3) is 0 Å². The lowest BCUT2D eigenvalue weighted by molar-refractivity contribution is 0.292. The van der Waals surface area contributed by atoms with Gasteiger partial charge in [-0.05, 0) is 42.6 Å². The number of hydrogen-bond acceptors (Lipinski definition) is 3. The smallest absolute Gasteiger partial charge is 0.242 e. The largest absolute Gasteiger partial charge is 0.330 e. The van der Waals surface area contributed by atoms with Crippen molar-refractivity contribution in [2.24, 2.45) is 11.1 Å². The van der Waals surface area contributed by atoms with Gasteiger partial charge in [0.2, 0.25) is 10.0 Å². The van der Waals surface area contributed by atoms with Gasteiger partial charge in [0.15, 0.2) is 0 Å². The van der Waals surface area contributed by atoms with Crippen molar-refractivity contribution in [1.29, 1.82) is 0 Å². The van der Waals surface area contributed by atoms with Gasteiger partial charge in [0.1, 0.15) is 0 Å². The molecule has 0 saturated carbocycles. The Hall–Kier alpha value is -0.430. The molecule has 2 N–H and O–H groups in total. The van der Waals surface area contributed by atoms with Crippen LogP contribution in [0.4, 0.5) is 0 Å². The second-order valence-corrected chi connectivity index (χ2v) is 8.55. The molecule has 0 aliphatic carbocycles. The highest BCUT2D eigenvalue weighted by atomic mass is 79.9. The van der Waals surface area contributed by atoms with Gasteiger partial charge >= 0.3 is 0 Å². The first-order valence-electron chi connectivity index (χ1n) is 6.02. The zero-order chi connectivity index (χ0) is 14.8. The lowest BCUT2D eigenvalue weighted by Gasteiger charge is -2.28. The molecule has 1 rings (SSSR count). The van der Waals surface area contributed by atoms with E-state index in [4.69, 9.17) is 5.73 Å². The summed E-state index contributed by atoms with van der Waals surface area (Å²) in [6, 6.07) is 5.17. The number of nitrogens with two attached hydrogens (primary N) is 1. The van der Waals surface area contributed by atoms with E-state index in [1.54, 1.807) is 19.2 Å². The number of rotatable bonds is 5. The van der Waals surface area contributed by atoms with E-state index in [0.717, 1.165) is 10.0 Å². The van der Waals surface area contributed by atoms with Crippen LogP contribution in [0.1, 0.15) is 19.4 Å². The predicted molar refractivity (Wildman–Crippen MR) is 81.5 cm³/mol. The van der Waals surface area contributed by atoms with Crippen molar-refractivity contribution in [3.63, 3.8) is 0 Å². The SMILES string of the molecule is Cc1cc(Br)cc(S(=O)(=O)N(C)CC(C)(C)CN)c1. The monoisotopic (exact) mass is 348 g/mol. The summed E-state index contributed by atoms with van der Waals surface area (Å²) in [5.74, 6) is 0. The van der Waals surface area contributed by atoms with Gasteiger partial charge in [-0.3, -0.25) is 0 Å². The minimum Gasteiger partial charge on any atom is -0.330 e. The molecule has 0 aliphatic rings. The molecular weight excluding hydrogens is 328 g/mol. The van der Waals surface area contributed by atoms with Crippen molar-refractivity contribution in [2.45, 2.75) is 25.7 Å². The molecule has 0 saturated heterocycles. The van der Waals surface area contributed by atoms with Crippen LogP contribution < -0.4 is 5.73 Å². The van der Waals surface area contributed by atoms with Crippen LogP contribution in [-0.4, -0.2) is 32.9 Å². The summed E-state index contributed by atoms with van der Waals surface area (Å²) >= 11 is 3.33. The minimum absolute atomic E-state index is 0.247. The van der Waals surface area contributed by atoms with Gasteiger partial charge in [-0.25, -0.2) is 12.7 Å². The van der Waals surface area contributed by atoms with Crippen molar-refractivity contribution in [2.75, 3.05) is 20.1 Å². The summed E-state index contributed by atoms with van der Waals surface area (Å²) in [6.07, 6.45) is 0. The van der Waals surface area contributed by atoms with Crippen LogP contribution in [-0.2, 0) is 10.0 Å². The van der Waals surface area contributed by atoms with Gasteiger partial charge in [-0.1, -0.05) is 29.8 Å². The molecule has 0 aliphatic heterocycles. The van der Waals surface area contributed by atoms with Crippen molar-refractivity contribution in [3.8, 4) is 0 Å². The average molecular weight is 349 g/mol. The van der Waals surface area contributed by atoms with Crippen molar-refractivity contribution in [3.05, 3.63) is 28.2 Å². The molecule has 0 aromatic heterocycles. The van der Waals surface area contributed by atoms with Gasteiger partial charge in [-0.15, -0.1) is 0 Å². The summed E-state index contributed by atoms with van der Waals surface area (Å²) in [6.45, 7) is 6.59. The fraction of sp³-hybridized carbons (Fsp3) is 0.538. The molecule has 0 fully saturated rings. The number of aryl methyl sites for hydroxylation is 1. The Kier molecular flexibility index (Phi) is 5.17. The quantitative estimate of drug-likeness (QED) is 0.888. The van der Waals surface area contributed by atoms with E-state index in [9.17, 15) is 8.42 Å². The Bertz CT molecular complexity index is 536. The molecule has 0 amide bonds. The Morgan fingerprint density at radius 2 is 1.89 bits per heavy atom. The van der Waals surface area contributed by atoms with Crippen LogP contribution in [0.2, 0.25) is 0 Å². The Morgan fingerprint density at radius 3 is 2.37 bits per heavy atom. The molecule has 4 nitrogen and oxygen atoms in total. The molecule has 19 heavy (non-hydrogen) atoms. The van der Waals surface area contributed by atoms with E-state index in [1.165, 1.54) is 4.31 Å². The maximum Gasteiger partial charge on any atom is 0.242 e. The topological polar surface area (TPSA) is 63.4 Å². The molecule has 1 aromatic carbocycles. The predicted octanol–water partition coefficient (Wildman–Crippen LogP) is 2.36. The van der Waals surface area contributed by atoms with E-state index in [-0.39, 0.29) is 5.41 Å². The van der Waals surface area contributed by atoms with Gasteiger partial charge in [0.25, 0.3) is 0 Å². The molecule has 6 heteroatoms. The molecule has 1 aromatic rings. The van der Waals surface area contributed by atoms with Crippen LogP contribution >= 0.6 is 15.9 Å². The number of nitrogens with zero attached hydrogens (tertiary/aromatic N) is 1. The fourth-order valence-electron chi connectivity index (χ4n) is 1.78.